The Hall–Kier alpha value is -1.78. The van der Waals surface area contributed by atoms with E-state index in [9.17, 15) is 8.78 Å². The zero-order valence-electron chi connectivity index (χ0n) is 12.9. The number of hydrogen-bond acceptors (Lipinski definition) is 2. The van der Waals surface area contributed by atoms with Gasteiger partial charge in [0.1, 0.15) is 17.7 Å². The van der Waals surface area contributed by atoms with Crippen molar-refractivity contribution < 1.29 is 13.5 Å². The van der Waals surface area contributed by atoms with Gasteiger partial charge in [-0.25, -0.2) is 8.78 Å². The monoisotopic (exact) mass is 317 g/mol. The predicted octanol–water partition coefficient (Wildman–Crippen LogP) is 4.34. The zero-order valence-corrected chi connectivity index (χ0v) is 12.9. The maximum absolute atomic E-state index is 13.2. The molecule has 2 unspecified atom stereocenters. The molecule has 122 valence electrons. The summed E-state index contributed by atoms with van der Waals surface area (Å²) in [5.74, 6) is -0.582. The van der Waals surface area contributed by atoms with Crippen LogP contribution in [-0.2, 0) is 4.74 Å². The van der Waals surface area contributed by atoms with E-state index in [1.807, 2.05) is 0 Å². The van der Waals surface area contributed by atoms with Gasteiger partial charge in [0.15, 0.2) is 0 Å². The molecule has 23 heavy (non-hydrogen) atoms. The zero-order chi connectivity index (χ0) is 16.2. The SMILES string of the molecule is NC1CCCCC1OC(c1ccc(F)cc1)c1ccc(F)cc1. The summed E-state index contributed by atoms with van der Waals surface area (Å²) < 4.78 is 32.7. The van der Waals surface area contributed by atoms with Gasteiger partial charge >= 0.3 is 0 Å². The normalized spacial score (nSPS) is 21.6. The lowest BCUT2D eigenvalue weighted by Gasteiger charge is -2.32. The summed E-state index contributed by atoms with van der Waals surface area (Å²) in [6.45, 7) is 0. The first-order chi connectivity index (χ1) is 11.1. The number of nitrogens with two attached hydrogens (primary N) is 1. The van der Waals surface area contributed by atoms with E-state index >= 15 is 0 Å². The van der Waals surface area contributed by atoms with Gasteiger partial charge in [-0.05, 0) is 48.2 Å². The van der Waals surface area contributed by atoms with Gasteiger partial charge < -0.3 is 10.5 Å². The van der Waals surface area contributed by atoms with Gasteiger partial charge in [0.2, 0.25) is 0 Å². The largest absolute Gasteiger partial charge is 0.364 e. The summed E-state index contributed by atoms with van der Waals surface area (Å²) in [5.41, 5.74) is 7.87. The van der Waals surface area contributed by atoms with Gasteiger partial charge in [-0.1, -0.05) is 37.1 Å². The third-order valence-corrected chi connectivity index (χ3v) is 4.41. The second kappa shape index (κ2) is 7.20. The van der Waals surface area contributed by atoms with Gasteiger partial charge in [-0.15, -0.1) is 0 Å². The quantitative estimate of drug-likeness (QED) is 0.910. The molecule has 0 amide bonds. The molecule has 0 bridgehead atoms. The van der Waals surface area contributed by atoms with Crippen LogP contribution in [0.4, 0.5) is 8.78 Å². The molecule has 2 aromatic carbocycles. The maximum atomic E-state index is 13.2. The minimum absolute atomic E-state index is 0.00662. The van der Waals surface area contributed by atoms with Gasteiger partial charge in [0, 0.05) is 6.04 Å². The number of halogens is 2. The fourth-order valence-corrected chi connectivity index (χ4v) is 3.09. The topological polar surface area (TPSA) is 35.2 Å². The predicted molar refractivity (Wildman–Crippen MR) is 86.0 cm³/mol. The highest BCUT2D eigenvalue weighted by molar-refractivity contribution is 5.30. The van der Waals surface area contributed by atoms with Crippen molar-refractivity contribution in [3.8, 4) is 0 Å². The molecule has 0 radical (unpaired) electrons. The molecule has 0 heterocycles. The second-order valence-electron chi connectivity index (χ2n) is 6.11. The van der Waals surface area contributed by atoms with Gasteiger partial charge in [0.05, 0.1) is 6.10 Å². The van der Waals surface area contributed by atoms with Gasteiger partial charge in [-0.3, -0.25) is 0 Å². The van der Waals surface area contributed by atoms with Crippen molar-refractivity contribution in [1.29, 1.82) is 0 Å². The lowest BCUT2D eigenvalue weighted by atomic mass is 9.92. The number of hydrogen-bond donors (Lipinski definition) is 1. The molecule has 0 saturated heterocycles. The smallest absolute Gasteiger partial charge is 0.123 e. The fourth-order valence-electron chi connectivity index (χ4n) is 3.09. The molecule has 2 N–H and O–H groups in total. The average Bonchev–Trinajstić information content (AvgIpc) is 2.56. The highest BCUT2D eigenvalue weighted by Crippen LogP contribution is 2.31. The van der Waals surface area contributed by atoms with Crippen molar-refractivity contribution in [3.05, 3.63) is 71.3 Å². The van der Waals surface area contributed by atoms with Crippen LogP contribution in [0.25, 0.3) is 0 Å². The molecule has 1 fully saturated rings. The van der Waals surface area contributed by atoms with E-state index in [0.29, 0.717) is 0 Å². The molecule has 1 aliphatic carbocycles. The molecule has 1 aliphatic rings. The van der Waals surface area contributed by atoms with Crippen molar-refractivity contribution in [2.75, 3.05) is 0 Å². The molecule has 0 aromatic heterocycles. The molecule has 2 nitrogen and oxygen atoms in total. The molecular weight excluding hydrogens is 296 g/mol. The van der Waals surface area contributed by atoms with Crippen molar-refractivity contribution in [2.45, 2.75) is 43.9 Å². The van der Waals surface area contributed by atoms with E-state index in [1.54, 1.807) is 24.3 Å². The van der Waals surface area contributed by atoms with E-state index in [4.69, 9.17) is 10.5 Å². The van der Waals surface area contributed by atoms with E-state index in [-0.39, 0.29) is 29.9 Å². The number of ether oxygens (including phenoxy) is 1. The van der Waals surface area contributed by atoms with E-state index in [0.717, 1.165) is 36.8 Å². The van der Waals surface area contributed by atoms with Gasteiger partial charge in [0.25, 0.3) is 0 Å². The first kappa shape index (κ1) is 16.1. The molecule has 0 spiro atoms. The van der Waals surface area contributed by atoms with Crippen LogP contribution in [0.5, 0.6) is 0 Å². The lowest BCUT2D eigenvalue weighted by molar-refractivity contribution is -0.0230. The van der Waals surface area contributed by atoms with Crippen LogP contribution in [0, 0.1) is 11.6 Å². The van der Waals surface area contributed by atoms with Crippen LogP contribution < -0.4 is 5.73 Å². The van der Waals surface area contributed by atoms with Crippen LogP contribution >= 0.6 is 0 Å². The number of benzene rings is 2. The van der Waals surface area contributed by atoms with Gasteiger partial charge in [-0.2, -0.15) is 0 Å². The standard InChI is InChI=1S/C19H21F2NO/c20-15-9-5-13(6-10-15)19(14-7-11-16(21)12-8-14)23-18-4-2-1-3-17(18)22/h5-12,17-19H,1-4,22H2. The summed E-state index contributed by atoms with van der Waals surface area (Å²) in [5, 5.41) is 0. The molecule has 1 saturated carbocycles. The van der Waals surface area contributed by atoms with Crippen molar-refractivity contribution in [1.82, 2.24) is 0 Å². The Kier molecular flexibility index (Phi) is 5.03. The van der Waals surface area contributed by atoms with Crippen molar-refractivity contribution in [2.24, 2.45) is 5.73 Å². The first-order valence-electron chi connectivity index (χ1n) is 8.05. The molecular formula is C19H21F2NO. The van der Waals surface area contributed by atoms with E-state index in [2.05, 4.69) is 0 Å². The highest BCUT2D eigenvalue weighted by atomic mass is 19.1. The van der Waals surface area contributed by atoms with E-state index in [1.165, 1.54) is 24.3 Å². The van der Waals surface area contributed by atoms with Crippen LogP contribution in [0.2, 0.25) is 0 Å². The summed E-state index contributed by atoms with van der Waals surface area (Å²) in [6, 6.07) is 12.5. The van der Waals surface area contributed by atoms with Crippen molar-refractivity contribution in [3.63, 3.8) is 0 Å². The maximum Gasteiger partial charge on any atom is 0.123 e. The fraction of sp³-hybridized carbons (Fsp3) is 0.368. The van der Waals surface area contributed by atoms with Crippen LogP contribution in [0.3, 0.4) is 0 Å². The highest BCUT2D eigenvalue weighted by Gasteiger charge is 2.27. The summed E-state index contributed by atoms with van der Waals surface area (Å²) >= 11 is 0. The molecule has 2 atom stereocenters. The summed E-state index contributed by atoms with van der Waals surface area (Å²) in [6.07, 6.45) is 3.68. The molecule has 3 rings (SSSR count). The Labute approximate surface area is 135 Å². The molecule has 2 aromatic rings. The Morgan fingerprint density at radius 3 is 1.78 bits per heavy atom. The Bertz CT molecular complexity index is 581. The summed E-state index contributed by atoms with van der Waals surface area (Å²) in [7, 11) is 0. The molecule has 0 aliphatic heterocycles. The average molecular weight is 317 g/mol. The Balaban J connectivity index is 1.89. The minimum Gasteiger partial charge on any atom is -0.364 e. The molecule has 4 heteroatoms. The van der Waals surface area contributed by atoms with Crippen LogP contribution in [-0.4, -0.2) is 12.1 Å². The van der Waals surface area contributed by atoms with Crippen LogP contribution in [0.15, 0.2) is 48.5 Å². The Morgan fingerprint density at radius 1 is 0.826 bits per heavy atom. The Morgan fingerprint density at radius 2 is 1.30 bits per heavy atom. The lowest BCUT2D eigenvalue weighted by Crippen LogP contribution is -2.40. The first-order valence-corrected chi connectivity index (χ1v) is 8.05. The third kappa shape index (κ3) is 3.95. The third-order valence-electron chi connectivity index (χ3n) is 4.41. The second-order valence-corrected chi connectivity index (χ2v) is 6.11. The number of rotatable bonds is 4. The minimum atomic E-state index is -0.370. The van der Waals surface area contributed by atoms with Crippen molar-refractivity contribution >= 4 is 0 Å². The summed E-state index contributed by atoms with van der Waals surface area (Å²) in [4.78, 5) is 0. The van der Waals surface area contributed by atoms with Crippen LogP contribution in [0.1, 0.15) is 42.9 Å². The van der Waals surface area contributed by atoms with E-state index < -0.39 is 0 Å².